The van der Waals surface area contributed by atoms with E-state index in [2.05, 4.69) is 4.98 Å². The number of aromatic nitrogens is 1. The van der Waals surface area contributed by atoms with Gasteiger partial charge in [-0.3, -0.25) is 9.78 Å². The summed E-state index contributed by atoms with van der Waals surface area (Å²) in [7, 11) is 0. The number of benzene rings is 1. The number of aliphatic hydroxyl groups excluding tert-OH is 1. The number of halogens is 1. The van der Waals surface area contributed by atoms with Crippen molar-refractivity contribution in [2.75, 3.05) is 0 Å². The van der Waals surface area contributed by atoms with E-state index in [9.17, 15) is 19.1 Å². The van der Waals surface area contributed by atoms with Crippen LogP contribution in [0, 0.1) is 12.7 Å². The van der Waals surface area contributed by atoms with Gasteiger partial charge in [-0.05, 0) is 37.3 Å². The third-order valence-electron chi connectivity index (χ3n) is 3.56. The second-order valence-electron chi connectivity index (χ2n) is 5.05. The number of fused-ring (bicyclic) bond motifs is 1. The van der Waals surface area contributed by atoms with Crippen LogP contribution in [0.25, 0.3) is 11.0 Å². The molecule has 3 rings (SSSR count). The molecule has 0 aliphatic heterocycles. The minimum atomic E-state index is -0.799. The number of hydrogen-bond donors (Lipinski definition) is 1. The van der Waals surface area contributed by atoms with E-state index < -0.39 is 17.2 Å². The molecule has 0 fully saturated rings. The van der Waals surface area contributed by atoms with Crippen molar-refractivity contribution in [3.8, 4) is 0 Å². The average molecular weight is 313 g/mol. The largest absolute Gasteiger partial charge is 0.420 e. The molecule has 0 unspecified atom stereocenters. The van der Waals surface area contributed by atoms with Crippen LogP contribution < -0.4 is 5.63 Å². The first kappa shape index (κ1) is 15.1. The molecule has 0 radical (unpaired) electrons. The molecule has 23 heavy (non-hydrogen) atoms. The van der Waals surface area contributed by atoms with Gasteiger partial charge < -0.3 is 9.52 Å². The third kappa shape index (κ3) is 2.64. The lowest BCUT2D eigenvalue weighted by Crippen LogP contribution is -2.15. The van der Waals surface area contributed by atoms with E-state index >= 15 is 0 Å². The van der Waals surface area contributed by atoms with Crippen molar-refractivity contribution in [1.82, 2.24) is 4.98 Å². The first-order valence-electron chi connectivity index (χ1n) is 6.84. The summed E-state index contributed by atoms with van der Waals surface area (Å²) in [5.41, 5.74) is 0.361. The highest BCUT2D eigenvalue weighted by Crippen LogP contribution is 2.21. The molecule has 2 heterocycles. The van der Waals surface area contributed by atoms with Gasteiger partial charge >= 0.3 is 5.63 Å². The van der Waals surface area contributed by atoms with Crippen molar-refractivity contribution in [3.05, 3.63) is 75.2 Å². The monoisotopic (exact) mass is 313 g/mol. The summed E-state index contributed by atoms with van der Waals surface area (Å²) in [5.74, 6) is -1.05. The van der Waals surface area contributed by atoms with E-state index in [0.29, 0.717) is 16.6 Å². The molecule has 0 amide bonds. The van der Waals surface area contributed by atoms with Crippen molar-refractivity contribution in [2.45, 2.75) is 13.5 Å². The zero-order valence-corrected chi connectivity index (χ0v) is 12.2. The maximum absolute atomic E-state index is 13.0. The van der Waals surface area contributed by atoms with Crippen LogP contribution in [-0.2, 0) is 6.61 Å². The van der Waals surface area contributed by atoms with E-state index in [1.807, 2.05) is 0 Å². The van der Waals surface area contributed by atoms with Crippen LogP contribution >= 0.6 is 0 Å². The van der Waals surface area contributed by atoms with Crippen LogP contribution in [-0.4, -0.2) is 15.9 Å². The van der Waals surface area contributed by atoms with Crippen molar-refractivity contribution >= 4 is 16.8 Å². The SMILES string of the molecule is Cc1ncc(CO)c2cc(C(=O)c3ccc(F)cc3)c(=O)oc12. The van der Waals surface area contributed by atoms with Gasteiger partial charge in [0.2, 0.25) is 0 Å². The average Bonchev–Trinajstić information content (AvgIpc) is 2.55. The topological polar surface area (TPSA) is 80.4 Å². The van der Waals surface area contributed by atoms with E-state index in [0.717, 1.165) is 12.1 Å². The van der Waals surface area contributed by atoms with Gasteiger partial charge in [-0.25, -0.2) is 9.18 Å². The summed E-state index contributed by atoms with van der Waals surface area (Å²) in [4.78, 5) is 28.6. The molecule has 1 aromatic carbocycles. The molecule has 5 nitrogen and oxygen atoms in total. The molecule has 0 saturated heterocycles. The van der Waals surface area contributed by atoms with E-state index in [1.54, 1.807) is 6.92 Å². The maximum Gasteiger partial charge on any atom is 0.347 e. The van der Waals surface area contributed by atoms with Gasteiger partial charge in [0, 0.05) is 22.7 Å². The fraction of sp³-hybridized carbons (Fsp3) is 0.118. The zero-order valence-electron chi connectivity index (χ0n) is 12.2. The summed E-state index contributed by atoms with van der Waals surface area (Å²) in [6, 6.07) is 6.26. The number of rotatable bonds is 3. The minimum Gasteiger partial charge on any atom is -0.420 e. The fourth-order valence-corrected chi connectivity index (χ4v) is 2.32. The molecule has 0 bridgehead atoms. The number of hydrogen-bond acceptors (Lipinski definition) is 5. The maximum atomic E-state index is 13.0. The molecular formula is C17H12FNO4. The smallest absolute Gasteiger partial charge is 0.347 e. The van der Waals surface area contributed by atoms with Crippen molar-refractivity contribution < 1.29 is 18.7 Å². The molecule has 0 saturated carbocycles. The van der Waals surface area contributed by atoms with Crippen LogP contribution in [0.3, 0.4) is 0 Å². The predicted octanol–water partition coefficient (Wildman–Crippen LogP) is 2.36. The number of pyridine rings is 1. The van der Waals surface area contributed by atoms with Gasteiger partial charge in [-0.1, -0.05) is 0 Å². The minimum absolute atomic E-state index is 0.175. The Kier molecular flexibility index (Phi) is 3.75. The Labute approximate surface area is 130 Å². The molecule has 0 spiro atoms. The second-order valence-corrected chi connectivity index (χ2v) is 5.05. The lowest BCUT2D eigenvalue weighted by molar-refractivity contribution is 0.103. The first-order valence-corrected chi connectivity index (χ1v) is 6.84. The summed E-state index contributed by atoms with van der Waals surface area (Å²) >= 11 is 0. The fourth-order valence-electron chi connectivity index (χ4n) is 2.32. The Bertz CT molecular complexity index is 961. The van der Waals surface area contributed by atoms with Crippen LogP contribution in [0.5, 0.6) is 0 Å². The van der Waals surface area contributed by atoms with E-state index in [-0.39, 0.29) is 23.3 Å². The van der Waals surface area contributed by atoms with Crippen LogP contribution in [0.2, 0.25) is 0 Å². The number of carbonyl (C=O) groups is 1. The van der Waals surface area contributed by atoms with Gasteiger partial charge in [0.05, 0.1) is 12.3 Å². The molecule has 0 aliphatic rings. The Morgan fingerprint density at radius 2 is 2.00 bits per heavy atom. The normalized spacial score (nSPS) is 10.9. The molecular weight excluding hydrogens is 301 g/mol. The molecule has 0 aliphatic carbocycles. The lowest BCUT2D eigenvalue weighted by atomic mass is 10.0. The highest BCUT2D eigenvalue weighted by Gasteiger charge is 2.18. The number of aryl methyl sites for hydroxylation is 1. The lowest BCUT2D eigenvalue weighted by Gasteiger charge is -2.07. The Morgan fingerprint density at radius 1 is 1.30 bits per heavy atom. The summed E-state index contributed by atoms with van der Waals surface area (Å²) in [6.45, 7) is 1.36. The van der Waals surface area contributed by atoms with Gasteiger partial charge in [0.1, 0.15) is 11.4 Å². The van der Waals surface area contributed by atoms with Gasteiger partial charge in [-0.2, -0.15) is 0 Å². The highest BCUT2D eigenvalue weighted by atomic mass is 19.1. The highest BCUT2D eigenvalue weighted by molar-refractivity contribution is 6.10. The molecule has 3 aromatic rings. The van der Waals surface area contributed by atoms with E-state index in [1.165, 1.54) is 24.4 Å². The van der Waals surface area contributed by atoms with Gasteiger partial charge in [0.25, 0.3) is 0 Å². The standard InChI is InChI=1S/C17H12FNO4/c1-9-16-13(11(8-20)7-19-9)6-14(17(22)23-16)15(21)10-2-4-12(18)5-3-10/h2-7,20H,8H2,1H3. The molecule has 0 atom stereocenters. The predicted molar refractivity (Wildman–Crippen MR) is 80.8 cm³/mol. The van der Waals surface area contributed by atoms with Gasteiger partial charge in [-0.15, -0.1) is 0 Å². The van der Waals surface area contributed by atoms with Gasteiger partial charge in [0.15, 0.2) is 11.4 Å². The Hall–Kier alpha value is -2.86. The first-order chi connectivity index (χ1) is 11.0. The second kappa shape index (κ2) is 5.73. The molecule has 6 heteroatoms. The van der Waals surface area contributed by atoms with Crippen molar-refractivity contribution in [1.29, 1.82) is 0 Å². The van der Waals surface area contributed by atoms with Crippen LogP contribution in [0.15, 0.2) is 45.7 Å². The molecule has 116 valence electrons. The van der Waals surface area contributed by atoms with Crippen LogP contribution in [0.1, 0.15) is 27.2 Å². The summed E-state index contributed by atoms with van der Waals surface area (Å²) in [5, 5.41) is 9.84. The van der Waals surface area contributed by atoms with Crippen molar-refractivity contribution in [3.63, 3.8) is 0 Å². The number of carbonyl (C=O) groups excluding carboxylic acids is 1. The van der Waals surface area contributed by atoms with E-state index in [4.69, 9.17) is 4.42 Å². The summed E-state index contributed by atoms with van der Waals surface area (Å²) in [6.07, 6.45) is 1.46. The Balaban J connectivity index is 2.22. The molecule has 1 N–H and O–H groups in total. The summed E-state index contributed by atoms with van der Waals surface area (Å²) < 4.78 is 18.2. The number of ketones is 1. The van der Waals surface area contributed by atoms with Crippen molar-refractivity contribution in [2.24, 2.45) is 0 Å². The number of aliphatic hydroxyl groups is 1. The third-order valence-corrected chi connectivity index (χ3v) is 3.56. The van der Waals surface area contributed by atoms with Crippen LogP contribution in [0.4, 0.5) is 4.39 Å². The quantitative estimate of drug-likeness (QED) is 0.751. The number of nitrogens with zero attached hydrogens (tertiary/aromatic N) is 1. The zero-order chi connectivity index (χ0) is 16.6. The molecule has 2 aromatic heterocycles. The Morgan fingerprint density at radius 3 is 2.65 bits per heavy atom.